The van der Waals surface area contributed by atoms with Gasteiger partial charge in [-0.15, -0.1) is 0 Å². The van der Waals surface area contributed by atoms with Crippen LogP contribution in [0.15, 0.2) is 46.6 Å². The lowest BCUT2D eigenvalue weighted by Gasteiger charge is -2.25. The summed E-state index contributed by atoms with van der Waals surface area (Å²) in [6.45, 7) is 7.29. The molecule has 24 heavy (non-hydrogen) atoms. The molecule has 0 heterocycles. The molecule has 0 aromatic rings. The molecule has 0 fully saturated rings. The van der Waals surface area contributed by atoms with E-state index < -0.39 is 5.60 Å². The van der Waals surface area contributed by atoms with Crippen LogP contribution in [-0.2, 0) is 14.7 Å². The molecule has 0 aliphatic heterocycles. The van der Waals surface area contributed by atoms with E-state index in [1.54, 1.807) is 32.1 Å². The fraction of sp³-hybridized carbons (Fsp3) is 0.450. The van der Waals surface area contributed by atoms with E-state index in [2.05, 4.69) is 0 Å². The molecule has 2 unspecified atom stereocenters. The van der Waals surface area contributed by atoms with E-state index in [1.165, 1.54) is 0 Å². The highest BCUT2D eigenvalue weighted by Crippen LogP contribution is 2.32. The zero-order chi connectivity index (χ0) is 18.1. The highest BCUT2D eigenvalue weighted by molar-refractivity contribution is 6.01. The fourth-order valence-electron chi connectivity index (χ4n) is 3.35. The Bertz CT molecular complexity index is 689. The topological polar surface area (TPSA) is 77.8 Å². The first-order valence-corrected chi connectivity index (χ1v) is 8.13. The molecule has 0 aromatic carbocycles. The van der Waals surface area contributed by atoms with Crippen LogP contribution in [0.4, 0.5) is 0 Å². The molecule has 125 valence electrons. The average molecular weight is 324 g/mol. The number of nitriles is 1. The SMILES string of the molecule is CC1=CC(C)C(=O)C(CC([O])(C#N)CC2=CC(C)=CC(C)C2=O)=C1. The summed E-state index contributed by atoms with van der Waals surface area (Å²) in [5.74, 6) is -0.809. The van der Waals surface area contributed by atoms with Crippen molar-refractivity contribution in [2.75, 3.05) is 0 Å². The van der Waals surface area contributed by atoms with Crippen molar-refractivity contribution in [1.82, 2.24) is 0 Å². The third kappa shape index (κ3) is 3.80. The second-order valence-corrected chi connectivity index (χ2v) is 6.93. The fourth-order valence-corrected chi connectivity index (χ4v) is 3.35. The van der Waals surface area contributed by atoms with Gasteiger partial charge in [-0.3, -0.25) is 9.59 Å². The second kappa shape index (κ2) is 6.70. The highest BCUT2D eigenvalue weighted by atomic mass is 16.3. The van der Waals surface area contributed by atoms with E-state index in [4.69, 9.17) is 0 Å². The summed E-state index contributed by atoms with van der Waals surface area (Å²) in [6.07, 6.45) is 6.68. The standard InChI is InChI=1S/C20H22NO3/c1-12-5-14(3)18(22)16(7-12)9-20(24,11-21)10-17-8-13(2)6-15(4)19(17)23/h5-8,14-15H,9-10H2,1-4H3. The van der Waals surface area contributed by atoms with Gasteiger partial charge in [0.05, 0.1) is 0 Å². The maximum Gasteiger partial charge on any atom is 0.197 e. The molecule has 0 spiro atoms. The first-order chi connectivity index (χ1) is 11.1. The molecule has 4 heteroatoms. The monoisotopic (exact) mass is 324 g/mol. The van der Waals surface area contributed by atoms with Gasteiger partial charge in [-0.25, -0.2) is 5.11 Å². The van der Waals surface area contributed by atoms with Crippen LogP contribution in [0.1, 0.15) is 40.5 Å². The van der Waals surface area contributed by atoms with Crippen molar-refractivity contribution in [3.8, 4) is 6.07 Å². The quantitative estimate of drug-likeness (QED) is 0.792. The second-order valence-electron chi connectivity index (χ2n) is 6.93. The molecule has 2 rings (SSSR count). The van der Waals surface area contributed by atoms with Gasteiger partial charge in [0.25, 0.3) is 0 Å². The summed E-state index contributed by atoms with van der Waals surface area (Å²) in [6, 6.07) is 1.79. The van der Waals surface area contributed by atoms with Crippen LogP contribution in [0.2, 0.25) is 0 Å². The third-order valence-electron chi connectivity index (χ3n) is 4.45. The lowest BCUT2D eigenvalue weighted by Crippen LogP contribution is -2.32. The summed E-state index contributed by atoms with van der Waals surface area (Å²) in [5, 5.41) is 22.4. The maximum atomic E-state index is 12.9. The van der Waals surface area contributed by atoms with Gasteiger partial charge in [-0.05, 0) is 13.8 Å². The predicted molar refractivity (Wildman–Crippen MR) is 90.3 cm³/mol. The van der Waals surface area contributed by atoms with Crippen LogP contribution in [0.25, 0.3) is 0 Å². The van der Waals surface area contributed by atoms with Crippen LogP contribution in [0.5, 0.6) is 0 Å². The molecule has 2 aliphatic rings. The number of hydrogen-bond donors (Lipinski definition) is 0. The molecule has 0 saturated carbocycles. The number of ketones is 2. The third-order valence-corrected chi connectivity index (χ3v) is 4.45. The van der Waals surface area contributed by atoms with Gasteiger partial charge in [0.2, 0.25) is 0 Å². The summed E-state index contributed by atoms with van der Waals surface area (Å²) < 4.78 is 0. The van der Waals surface area contributed by atoms with Crippen molar-refractivity contribution in [3.05, 3.63) is 46.6 Å². The van der Waals surface area contributed by atoms with Crippen molar-refractivity contribution in [2.45, 2.75) is 46.1 Å². The molecule has 0 N–H and O–H groups in total. The van der Waals surface area contributed by atoms with Crippen molar-refractivity contribution in [3.63, 3.8) is 0 Å². The molecular formula is C20H22NO3. The van der Waals surface area contributed by atoms with E-state index in [0.717, 1.165) is 11.1 Å². The number of Topliss-reactive ketones (excluding diaryl/α,β-unsaturated/α-hetero) is 2. The Morgan fingerprint density at radius 2 is 1.33 bits per heavy atom. The van der Waals surface area contributed by atoms with Crippen molar-refractivity contribution in [1.29, 1.82) is 5.26 Å². The molecule has 2 aliphatic carbocycles. The number of allylic oxidation sites excluding steroid dienone is 6. The Labute approximate surface area is 142 Å². The van der Waals surface area contributed by atoms with Gasteiger partial charge in [-0.1, -0.05) is 49.3 Å². The minimum Gasteiger partial charge on any atom is -0.294 e. The summed E-state index contributed by atoms with van der Waals surface area (Å²) >= 11 is 0. The van der Waals surface area contributed by atoms with Crippen LogP contribution in [0.3, 0.4) is 0 Å². The largest absolute Gasteiger partial charge is 0.294 e. The molecule has 0 amide bonds. The predicted octanol–water partition coefficient (Wildman–Crippen LogP) is 3.64. The Balaban J connectivity index is 2.26. The van der Waals surface area contributed by atoms with Crippen LogP contribution in [-0.4, -0.2) is 17.2 Å². The van der Waals surface area contributed by atoms with Gasteiger partial charge in [0, 0.05) is 35.8 Å². The zero-order valence-corrected chi connectivity index (χ0v) is 14.6. The van der Waals surface area contributed by atoms with Gasteiger partial charge in [0.15, 0.2) is 17.2 Å². The summed E-state index contributed by atoms with van der Waals surface area (Å²) in [4.78, 5) is 24.5. The van der Waals surface area contributed by atoms with E-state index in [9.17, 15) is 20.0 Å². The Morgan fingerprint density at radius 3 is 1.67 bits per heavy atom. The number of hydrogen-bond acceptors (Lipinski definition) is 3. The maximum absolute atomic E-state index is 12.9. The van der Waals surface area contributed by atoms with Crippen molar-refractivity contribution in [2.24, 2.45) is 11.8 Å². The molecule has 0 bridgehead atoms. The molecule has 0 aromatic heterocycles. The molecule has 1 radical (unpaired) electrons. The van der Waals surface area contributed by atoms with E-state index in [1.807, 2.05) is 26.0 Å². The van der Waals surface area contributed by atoms with E-state index >= 15 is 0 Å². The van der Waals surface area contributed by atoms with Gasteiger partial charge in [-0.2, -0.15) is 5.26 Å². The van der Waals surface area contributed by atoms with Gasteiger partial charge in [0.1, 0.15) is 6.07 Å². The van der Waals surface area contributed by atoms with Crippen LogP contribution < -0.4 is 0 Å². The first-order valence-electron chi connectivity index (χ1n) is 8.13. The van der Waals surface area contributed by atoms with Crippen LogP contribution in [0, 0.1) is 23.2 Å². The Morgan fingerprint density at radius 1 is 0.958 bits per heavy atom. The molecule has 0 saturated heterocycles. The smallest absolute Gasteiger partial charge is 0.197 e. The Hall–Kier alpha value is -2.25. The highest BCUT2D eigenvalue weighted by Gasteiger charge is 2.37. The normalized spacial score (nSPS) is 26.7. The van der Waals surface area contributed by atoms with Crippen LogP contribution >= 0.6 is 0 Å². The lowest BCUT2D eigenvalue weighted by atomic mass is 9.79. The summed E-state index contributed by atoms with van der Waals surface area (Å²) in [7, 11) is 0. The number of carbonyl (C=O) groups excluding carboxylic acids is 2. The molecule has 4 nitrogen and oxygen atoms in total. The molecule has 2 atom stereocenters. The van der Waals surface area contributed by atoms with Crippen molar-refractivity contribution < 1.29 is 14.7 Å². The minimum atomic E-state index is -2.02. The van der Waals surface area contributed by atoms with E-state index in [0.29, 0.717) is 11.1 Å². The first kappa shape index (κ1) is 18.1. The van der Waals surface area contributed by atoms with Gasteiger partial charge < -0.3 is 0 Å². The summed E-state index contributed by atoms with van der Waals surface area (Å²) in [5.41, 5.74) is 0.569. The minimum absolute atomic E-state index is 0.121. The van der Waals surface area contributed by atoms with Gasteiger partial charge >= 0.3 is 0 Å². The van der Waals surface area contributed by atoms with E-state index in [-0.39, 0.29) is 36.2 Å². The Kier molecular flexibility index (Phi) is 5.05. The number of carbonyl (C=O) groups is 2. The van der Waals surface area contributed by atoms with Crippen molar-refractivity contribution >= 4 is 11.6 Å². The zero-order valence-electron chi connectivity index (χ0n) is 14.6. The number of nitrogens with zero attached hydrogens (tertiary/aromatic N) is 1. The lowest BCUT2D eigenvalue weighted by molar-refractivity contribution is -0.118. The molecular weight excluding hydrogens is 302 g/mol. The number of rotatable bonds is 4. The average Bonchev–Trinajstić information content (AvgIpc) is 2.49.